The van der Waals surface area contributed by atoms with Crippen LogP contribution in [-0.2, 0) is 9.59 Å². The van der Waals surface area contributed by atoms with Gasteiger partial charge in [-0.15, -0.1) is 0 Å². The zero-order valence-electron chi connectivity index (χ0n) is 15.7. The first kappa shape index (κ1) is 21.7. The lowest BCUT2D eigenvalue weighted by molar-refractivity contribution is -0.126. The van der Waals surface area contributed by atoms with Crippen LogP contribution in [0.2, 0.25) is 10.0 Å². The molecule has 0 saturated heterocycles. The van der Waals surface area contributed by atoms with E-state index in [1.165, 1.54) is 21.1 Å². The lowest BCUT2D eigenvalue weighted by Crippen LogP contribution is -2.32. The van der Waals surface area contributed by atoms with Gasteiger partial charge in [0.15, 0.2) is 17.3 Å². The van der Waals surface area contributed by atoms with E-state index >= 15 is 0 Å². The van der Waals surface area contributed by atoms with Crippen molar-refractivity contribution in [2.45, 2.75) is 19.9 Å². The summed E-state index contributed by atoms with van der Waals surface area (Å²) in [6.07, 6.45) is 0. The third-order valence-electron chi connectivity index (χ3n) is 3.82. The lowest BCUT2D eigenvalue weighted by Gasteiger charge is -2.16. The van der Waals surface area contributed by atoms with Gasteiger partial charge in [0.25, 0.3) is 5.91 Å². The number of nitrogens with one attached hydrogen (secondary N) is 1. The number of methoxy groups -OCH3 is 2. The molecule has 0 aliphatic heterocycles. The zero-order valence-corrected chi connectivity index (χ0v) is 17.3. The molecule has 7 nitrogen and oxygen atoms in total. The number of halogens is 2. The van der Waals surface area contributed by atoms with Crippen molar-refractivity contribution in [1.29, 1.82) is 0 Å². The fraction of sp³-hybridized carbons (Fsp3) is 0.263. The quantitative estimate of drug-likeness (QED) is 0.501. The van der Waals surface area contributed by atoms with Gasteiger partial charge in [-0.3, -0.25) is 9.59 Å². The highest BCUT2D eigenvalue weighted by molar-refractivity contribution is 6.34. The standard InChI is InChI=1S/C19H19Cl2N3O4/c1-10-9-12(20)5-7-14(10)23-24-16(11(2)25)19(26)22-17-13(21)6-8-15(27-3)18(17)28-4/h5-9,16H,1-4H3,(H,22,26). The summed E-state index contributed by atoms with van der Waals surface area (Å²) in [6.45, 7) is 3.05. The number of ketones is 1. The number of anilines is 1. The van der Waals surface area contributed by atoms with Crippen molar-refractivity contribution in [3.8, 4) is 11.5 Å². The number of benzene rings is 2. The van der Waals surface area contributed by atoms with E-state index in [2.05, 4.69) is 15.5 Å². The lowest BCUT2D eigenvalue weighted by atomic mass is 10.2. The van der Waals surface area contributed by atoms with Gasteiger partial charge in [0.05, 0.1) is 24.9 Å². The Labute approximate surface area is 172 Å². The van der Waals surface area contributed by atoms with Crippen LogP contribution in [0.4, 0.5) is 11.4 Å². The van der Waals surface area contributed by atoms with Crippen LogP contribution in [0.3, 0.4) is 0 Å². The minimum absolute atomic E-state index is 0.178. The number of nitrogens with zero attached hydrogens (tertiary/aromatic N) is 2. The monoisotopic (exact) mass is 423 g/mol. The first-order chi connectivity index (χ1) is 13.3. The SMILES string of the molecule is COc1ccc(Cl)c(NC(=O)C(N=Nc2ccc(Cl)cc2C)C(C)=O)c1OC. The number of rotatable bonds is 7. The fourth-order valence-electron chi connectivity index (χ4n) is 2.38. The number of carbonyl (C=O) groups excluding carboxylic acids is 2. The van der Waals surface area contributed by atoms with Crippen molar-refractivity contribution in [3.63, 3.8) is 0 Å². The Morgan fingerprint density at radius 3 is 2.39 bits per heavy atom. The molecule has 2 aromatic rings. The summed E-state index contributed by atoms with van der Waals surface area (Å²) in [7, 11) is 2.87. The molecule has 0 aliphatic carbocycles. The minimum Gasteiger partial charge on any atom is -0.493 e. The molecule has 0 aromatic heterocycles. The van der Waals surface area contributed by atoms with Crippen molar-refractivity contribution < 1.29 is 19.1 Å². The van der Waals surface area contributed by atoms with Crippen LogP contribution in [0.25, 0.3) is 0 Å². The van der Waals surface area contributed by atoms with E-state index in [1.807, 2.05) is 0 Å². The van der Waals surface area contributed by atoms with Gasteiger partial charge in [0, 0.05) is 5.02 Å². The Balaban J connectivity index is 2.32. The van der Waals surface area contributed by atoms with Gasteiger partial charge >= 0.3 is 0 Å². The molecule has 9 heteroatoms. The Bertz CT molecular complexity index is 932. The van der Waals surface area contributed by atoms with Crippen molar-refractivity contribution >= 4 is 46.3 Å². The number of aryl methyl sites for hydroxylation is 1. The Morgan fingerprint density at radius 2 is 1.82 bits per heavy atom. The number of ether oxygens (including phenoxy) is 2. The highest BCUT2D eigenvalue weighted by atomic mass is 35.5. The summed E-state index contributed by atoms with van der Waals surface area (Å²) in [5, 5.41) is 11.3. The zero-order chi connectivity index (χ0) is 20.8. The second kappa shape index (κ2) is 9.52. The van der Waals surface area contributed by atoms with E-state index in [0.29, 0.717) is 16.5 Å². The van der Waals surface area contributed by atoms with E-state index in [-0.39, 0.29) is 16.5 Å². The number of hydrogen-bond donors (Lipinski definition) is 1. The predicted octanol–water partition coefficient (Wildman–Crippen LogP) is 5.00. The Morgan fingerprint density at radius 1 is 1.11 bits per heavy atom. The maximum absolute atomic E-state index is 12.7. The summed E-state index contributed by atoms with van der Waals surface area (Å²) < 4.78 is 10.5. The first-order valence-electron chi connectivity index (χ1n) is 8.17. The van der Waals surface area contributed by atoms with Crippen molar-refractivity contribution in [3.05, 3.63) is 45.9 Å². The maximum Gasteiger partial charge on any atom is 0.258 e. The Kier molecular flexibility index (Phi) is 7.37. The molecular formula is C19H19Cl2N3O4. The molecule has 0 fully saturated rings. The molecular weight excluding hydrogens is 405 g/mol. The molecule has 0 bridgehead atoms. The number of Topliss-reactive ketones (excluding diaryl/α,β-unsaturated/α-hetero) is 1. The molecule has 1 atom stereocenters. The smallest absolute Gasteiger partial charge is 0.258 e. The van der Waals surface area contributed by atoms with Gasteiger partial charge in [-0.05, 0) is 49.7 Å². The van der Waals surface area contributed by atoms with Gasteiger partial charge in [0.2, 0.25) is 6.04 Å². The first-order valence-corrected chi connectivity index (χ1v) is 8.92. The van der Waals surface area contributed by atoms with Gasteiger partial charge in [-0.2, -0.15) is 10.2 Å². The van der Waals surface area contributed by atoms with Crippen molar-refractivity contribution in [2.24, 2.45) is 10.2 Å². The number of amides is 1. The summed E-state index contributed by atoms with van der Waals surface area (Å²) in [4.78, 5) is 24.6. The highest BCUT2D eigenvalue weighted by Crippen LogP contribution is 2.40. The molecule has 0 spiro atoms. The van der Waals surface area contributed by atoms with Crippen LogP contribution in [0.15, 0.2) is 40.6 Å². The largest absolute Gasteiger partial charge is 0.493 e. The molecule has 2 aromatic carbocycles. The second-order valence-corrected chi connectivity index (χ2v) is 6.65. The normalized spacial score (nSPS) is 11.9. The van der Waals surface area contributed by atoms with E-state index in [0.717, 1.165) is 5.56 Å². The molecule has 0 aliphatic rings. The molecule has 28 heavy (non-hydrogen) atoms. The second-order valence-electron chi connectivity index (χ2n) is 5.81. The predicted molar refractivity (Wildman–Crippen MR) is 108 cm³/mol. The van der Waals surface area contributed by atoms with Crippen LogP contribution in [0, 0.1) is 6.92 Å². The van der Waals surface area contributed by atoms with Crippen LogP contribution in [0.1, 0.15) is 12.5 Å². The number of hydrogen-bond acceptors (Lipinski definition) is 6. The third kappa shape index (κ3) is 4.99. The van der Waals surface area contributed by atoms with Gasteiger partial charge in [-0.1, -0.05) is 23.2 Å². The van der Waals surface area contributed by atoms with Gasteiger partial charge < -0.3 is 14.8 Å². The van der Waals surface area contributed by atoms with Crippen LogP contribution < -0.4 is 14.8 Å². The van der Waals surface area contributed by atoms with Gasteiger partial charge in [0.1, 0.15) is 5.69 Å². The van der Waals surface area contributed by atoms with Crippen LogP contribution in [0.5, 0.6) is 11.5 Å². The molecule has 148 valence electrons. The topological polar surface area (TPSA) is 89.4 Å². The van der Waals surface area contributed by atoms with Crippen molar-refractivity contribution in [2.75, 3.05) is 19.5 Å². The van der Waals surface area contributed by atoms with E-state index in [9.17, 15) is 9.59 Å². The number of carbonyl (C=O) groups is 2. The fourth-order valence-corrected chi connectivity index (χ4v) is 2.80. The highest BCUT2D eigenvalue weighted by Gasteiger charge is 2.26. The van der Waals surface area contributed by atoms with Gasteiger partial charge in [-0.25, -0.2) is 0 Å². The van der Waals surface area contributed by atoms with Crippen molar-refractivity contribution in [1.82, 2.24) is 0 Å². The Hall–Kier alpha value is -2.64. The average molecular weight is 424 g/mol. The molecule has 1 N–H and O–H groups in total. The summed E-state index contributed by atoms with van der Waals surface area (Å²) in [5.74, 6) is -0.571. The molecule has 2 rings (SSSR count). The van der Waals surface area contributed by atoms with E-state index in [1.54, 1.807) is 37.3 Å². The summed E-state index contributed by atoms with van der Waals surface area (Å²) in [5.41, 5.74) is 1.44. The third-order valence-corrected chi connectivity index (χ3v) is 4.37. The molecule has 1 unspecified atom stereocenters. The van der Waals surface area contributed by atoms with Crippen LogP contribution in [-0.4, -0.2) is 32.0 Å². The molecule has 0 heterocycles. The molecule has 1 amide bonds. The number of azo groups is 1. The average Bonchev–Trinajstić information content (AvgIpc) is 2.64. The summed E-state index contributed by atoms with van der Waals surface area (Å²) in [6, 6.07) is 6.79. The molecule has 0 radical (unpaired) electrons. The minimum atomic E-state index is -1.36. The van der Waals surface area contributed by atoms with E-state index in [4.69, 9.17) is 32.7 Å². The summed E-state index contributed by atoms with van der Waals surface area (Å²) >= 11 is 12.1. The maximum atomic E-state index is 12.7. The van der Waals surface area contributed by atoms with Crippen LogP contribution >= 0.6 is 23.2 Å². The molecule has 0 saturated carbocycles. The van der Waals surface area contributed by atoms with E-state index < -0.39 is 17.7 Å².